The fourth-order valence-electron chi connectivity index (χ4n) is 2.51. The van der Waals surface area contributed by atoms with Crippen molar-refractivity contribution in [2.24, 2.45) is 4.99 Å². The minimum absolute atomic E-state index is 0. The first kappa shape index (κ1) is 19.2. The Hall–Kier alpha value is -1.17. The Labute approximate surface area is 161 Å². The first-order chi connectivity index (χ1) is 11.3. The summed E-state index contributed by atoms with van der Waals surface area (Å²) in [7, 11) is 1.71. The number of methoxy groups -OCH3 is 1. The van der Waals surface area contributed by atoms with Crippen LogP contribution in [-0.4, -0.2) is 26.0 Å². The van der Waals surface area contributed by atoms with Crippen LogP contribution in [0.5, 0.6) is 5.75 Å². The number of halogens is 2. The molecule has 0 aliphatic carbocycles. The van der Waals surface area contributed by atoms with Crippen molar-refractivity contribution in [2.45, 2.75) is 17.1 Å². The van der Waals surface area contributed by atoms with Crippen LogP contribution in [0.1, 0.15) is 17.5 Å². The molecule has 2 aromatic carbocycles. The smallest absolute Gasteiger partial charge is 0.132 e. The third kappa shape index (κ3) is 4.68. The molecule has 0 unspecified atom stereocenters. The number of rotatable bonds is 5. The van der Waals surface area contributed by atoms with E-state index >= 15 is 0 Å². The second kappa shape index (κ2) is 9.35. The van der Waals surface area contributed by atoms with E-state index in [1.807, 2.05) is 12.1 Å². The lowest BCUT2D eigenvalue weighted by molar-refractivity contribution is 0.404. The normalized spacial score (nSPS) is 13.5. The molecule has 0 saturated heterocycles. The maximum absolute atomic E-state index is 5.46. The Balaban J connectivity index is 0.00000208. The van der Waals surface area contributed by atoms with Crippen molar-refractivity contribution in [3.63, 3.8) is 0 Å². The molecule has 3 nitrogen and oxygen atoms in total. The molecule has 0 saturated carbocycles. The summed E-state index contributed by atoms with van der Waals surface area (Å²) in [6.45, 7) is 1.91. The fourth-order valence-corrected chi connectivity index (χ4v) is 4.09. The molecule has 1 aliphatic heterocycles. The van der Waals surface area contributed by atoms with Gasteiger partial charge in [-0.15, -0.1) is 24.2 Å². The molecule has 0 spiro atoms. The number of nitrogens with zero attached hydrogens (tertiary/aromatic N) is 1. The molecule has 128 valence electrons. The first-order valence-corrected chi connectivity index (χ1v) is 9.39. The highest BCUT2D eigenvalue weighted by Crippen LogP contribution is 2.34. The van der Waals surface area contributed by atoms with E-state index in [1.54, 1.807) is 18.9 Å². The number of benzene rings is 2. The van der Waals surface area contributed by atoms with Gasteiger partial charge >= 0.3 is 0 Å². The molecule has 3 rings (SSSR count). The van der Waals surface area contributed by atoms with Crippen LogP contribution < -0.4 is 10.1 Å². The highest BCUT2D eigenvalue weighted by atomic mass is 79.9. The lowest BCUT2D eigenvalue weighted by Crippen LogP contribution is -2.30. The monoisotopic (exact) mass is 426 g/mol. The summed E-state index contributed by atoms with van der Waals surface area (Å²) >= 11 is 5.31. The maximum Gasteiger partial charge on any atom is 0.132 e. The van der Waals surface area contributed by atoms with Gasteiger partial charge in [-0.1, -0.05) is 40.2 Å². The van der Waals surface area contributed by atoms with Crippen LogP contribution >= 0.6 is 40.1 Å². The van der Waals surface area contributed by atoms with Gasteiger partial charge in [0.25, 0.3) is 0 Å². The molecule has 0 aromatic heterocycles. The van der Waals surface area contributed by atoms with Gasteiger partial charge in [0.15, 0.2) is 0 Å². The van der Waals surface area contributed by atoms with E-state index in [1.165, 1.54) is 11.1 Å². The molecule has 1 aliphatic rings. The summed E-state index contributed by atoms with van der Waals surface area (Å²) in [6.07, 6.45) is 1.11. The molecule has 6 heteroatoms. The minimum Gasteiger partial charge on any atom is -0.496 e. The van der Waals surface area contributed by atoms with Gasteiger partial charge in [-0.25, -0.2) is 0 Å². The zero-order valence-electron chi connectivity index (χ0n) is 13.4. The molecule has 0 bridgehead atoms. The van der Waals surface area contributed by atoms with Gasteiger partial charge in [0, 0.05) is 28.9 Å². The minimum atomic E-state index is 0. The van der Waals surface area contributed by atoms with E-state index < -0.39 is 0 Å². The van der Waals surface area contributed by atoms with Crippen molar-refractivity contribution in [1.82, 2.24) is 5.32 Å². The molecule has 24 heavy (non-hydrogen) atoms. The van der Waals surface area contributed by atoms with Gasteiger partial charge in [-0.05, 0) is 30.2 Å². The van der Waals surface area contributed by atoms with Crippen LogP contribution in [0.3, 0.4) is 0 Å². The van der Waals surface area contributed by atoms with Crippen molar-refractivity contribution >= 4 is 45.9 Å². The van der Waals surface area contributed by atoms with E-state index in [9.17, 15) is 0 Å². The van der Waals surface area contributed by atoms with Crippen LogP contribution in [-0.2, 0) is 5.75 Å². The van der Waals surface area contributed by atoms with Gasteiger partial charge in [0.1, 0.15) is 11.6 Å². The Bertz CT molecular complexity index is 724. The second-order valence-electron chi connectivity index (χ2n) is 5.25. The van der Waals surface area contributed by atoms with Gasteiger partial charge < -0.3 is 10.1 Å². The van der Waals surface area contributed by atoms with E-state index in [0.717, 1.165) is 46.2 Å². The second-order valence-corrected chi connectivity index (χ2v) is 7.18. The summed E-state index contributed by atoms with van der Waals surface area (Å²) < 4.78 is 6.52. The van der Waals surface area contributed by atoms with Gasteiger partial charge in [0.05, 0.1) is 12.0 Å². The van der Waals surface area contributed by atoms with Crippen LogP contribution in [0, 0.1) is 0 Å². The Morgan fingerprint density at radius 3 is 2.83 bits per heavy atom. The molecular formula is C18H20BrClN2OS. The number of aliphatic imine (C=N–C) groups is 1. The van der Waals surface area contributed by atoms with Gasteiger partial charge in [0.2, 0.25) is 0 Å². The van der Waals surface area contributed by atoms with Crippen molar-refractivity contribution in [1.29, 1.82) is 0 Å². The average molecular weight is 428 g/mol. The molecule has 1 heterocycles. The topological polar surface area (TPSA) is 33.6 Å². The summed E-state index contributed by atoms with van der Waals surface area (Å²) in [4.78, 5) is 5.76. The number of hydrogen-bond donors (Lipinski definition) is 1. The maximum atomic E-state index is 5.46. The van der Waals surface area contributed by atoms with Crippen LogP contribution in [0.15, 0.2) is 56.8 Å². The van der Waals surface area contributed by atoms with Gasteiger partial charge in [-0.2, -0.15) is 0 Å². The number of hydrogen-bond acceptors (Lipinski definition) is 4. The van der Waals surface area contributed by atoms with E-state index in [-0.39, 0.29) is 12.4 Å². The van der Waals surface area contributed by atoms with Crippen molar-refractivity contribution < 1.29 is 4.74 Å². The number of ether oxygens (including phenoxy) is 1. The highest BCUT2D eigenvalue weighted by Gasteiger charge is 2.12. The zero-order valence-corrected chi connectivity index (χ0v) is 16.6. The number of thioether (sulfide) groups is 1. The third-order valence-electron chi connectivity index (χ3n) is 3.68. The third-order valence-corrected chi connectivity index (χ3v) is 5.26. The van der Waals surface area contributed by atoms with Crippen LogP contribution in [0.4, 0.5) is 0 Å². The summed E-state index contributed by atoms with van der Waals surface area (Å²) in [6, 6.07) is 14.6. The predicted octanol–water partition coefficient (Wildman–Crippen LogP) is 4.91. The van der Waals surface area contributed by atoms with Crippen LogP contribution in [0.25, 0.3) is 0 Å². The standard InChI is InChI=1S/C18H19BrN2OS.ClH/c1-22-16-8-7-14(19)11-17(16)23-12-13-5-2-3-6-15(13)18-20-9-4-10-21-18;/h2-3,5-8,11H,4,9-10,12H2,1H3,(H,20,21);1H. The highest BCUT2D eigenvalue weighted by molar-refractivity contribution is 9.10. The Morgan fingerprint density at radius 2 is 2.08 bits per heavy atom. The largest absolute Gasteiger partial charge is 0.496 e. The number of amidine groups is 1. The van der Waals surface area contributed by atoms with E-state index in [2.05, 4.69) is 56.6 Å². The molecule has 0 radical (unpaired) electrons. The lowest BCUT2D eigenvalue weighted by Gasteiger charge is -2.17. The number of nitrogens with one attached hydrogen (secondary N) is 1. The van der Waals surface area contributed by atoms with E-state index in [4.69, 9.17) is 4.74 Å². The lowest BCUT2D eigenvalue weighted by atomic mass is 10.1. The Morgan fingerprint density at radius 1 is 1.25 bits per heavy atom. The van der Waals surface area contributed by atoms with Gasteiger partial charge in [-0.3, -0.25) is 4.99 Å². The fraction of sp³-hybridized carbons (Fsp3) is 0.278. The van der Waals surface area contributed by atoms with Crippen LogP contribution in [0.2, 0.25) is 0 Å². The molecular weight excluding hydrogens is 408 g/mol. The van der Waals surface area contributed by atoms with Crippen molar-refractivity contribution in [2.75, 3.05) is 20.2 Å². The summed E-state index contributed by atoms with van der Waals surface area (Å²) in [5.74, 6) is 2.81. The summed E-state index contributed by atoms with van der Waals surface area (Å²) in [5.41, 5.74) is 2.49. The molecule has 0 atom stereocenters. The molecule has 2 aromatic rings. The molecule has 0 amide bonds. The van der Waals surface area contributed by atoms with E-state index in [0.29, 0.717) is 0 Å². The quantitative estimate of drug-likeness (QED) is 0.688. The summed E-state index contributed by atoms with van der Waals surface area (Å²) in [5, 5.41) is 3.41. The molecule has 0 fully saturated rings. The Kier molecular flexibility index (Phi) is 7.46. The first-order valence-electron chi connectivity index (χ1n) is 7.61. The predicted molar refractivity (Wildman–Crippen MR) is 108 cm³/mol. The zero-order chi connectivity index (χ0) is 16.1. The van der Waals surface area contributed by atoms with Crippen molar-refractivity contribution in [3.8, 4) is 5.75 Å². The molecule has 1 N–H and O–H groups in total. The van der Waals surface area contributed by atoms with Crippen molar-refractivity contribution in [3.05, 3.63) is 58.1 Å². The SMILES string of the molecule is COc1ccc(Br)cc1SCc1ccccc1C1=NCCCN1.Cl. The average Bonchev–Trinajstić information content (AvgIpc) is 2.61.